The lowest BCUT2D eigenvalue weighted by molar-refractivity contribution is -0.121. The van der Waals surface area contributed by atoms with E-state index in [-0.39, 0.29) is 11.7 Å². The minimum absolute atomic E-state index is 0.0839. The highest BCUT2D eigenvalue weighted by atomic mass is 79.9. The molecule has 1 atom stereocenters. The number of hydrogen-bond donors (Lipinski definition) is 3. The number of nitrogens with one attached hydrogen (secondary N) is 2. The minimum Gasteiger partial charge on any atom is -0.507 e. The zero-order valence-electron chi connectivity index (χ0n) is 13.3. The molecule has 0 fully saturated rings. The van der Waals surface area contributed by atoms with E-state index in [4.69, 9.17) is 4.74 Å². The van der Waals surface area contributed by atoms with Crippen LogP contribution in [0.1, 0.15) is 12.5 Å². The number of amides is 1. The van der Waals surface area contributed by atoms with Crippen molar-refractivity contribution in [2.45, 2.75) is 13.0 Å². The fourth-order valence-corrected chi connectivity index (χ4v) is 2.27. The van der Waals surface area contributed by atoms with Gasteiger partial charge in [0.25, 0.3) is 5.91 Å². The highest BCUT2D eigenvalue weighted by molar-refractivity contribution is 9.10. The van der Waals surface area contributed by atoms with Gasteiger partial charge in [0, 0.05) is 15.7 Å². The van der Waals surface area contributed by atoms with Gasteiger partial charge in [-0.2, -0.15) is 5.10 Å². The normalized spacial score (nSPS) is 12.0. The Kier molecular flexibility index (Phi) is 6.20. The smallest absolute Gasteiger partial charge is 0.262 e. The van der Waals surface area contributed by atoms with E-state index in [0.717, 1.165) is 15.9 Å². The first kappa shape index (κ1) is 17.8. The van der Waals surface area contributed by atoms with Crippen molar-refractivity contribution in [3.05, 3.63) is 52.5 Å². The van der Waals surface area contributed by atoms with Crippen LogP contribution < -0.4 is 15.5 Å². The summed E-state index contributed by atoms with van der Waals surface area (Å²) >= 11 is 3.31. The van der Waals surface area contributed by atoms with Gasteiger partial charge in [0.1, 0.15) is 17.5 Å². The number of hydrazone groups is 1. The molecule has 0 aromatic heterocycles. The first-order valence-corrected chi connectivity index (χ1v) is 8.01. The van der Waals surface area contributed by atoms with Crippen LogP contribution in [0.2, 0.25) is 0 Å². The Morgan fingerprint density at radius 1 is 1.29 bits per heavy atom. The van der Waals surface area contributed by atoms with E-state index in [9.17, 15) is 9.90 Å². The number of phenolic OH excluding ortho intramolecular Hbond substituents is 1. The van der Waals surface area contributed by atoms with Crippen molar-refractivity contribution in [2.75, 3.05) is 12.4 Å². The molecule has 0 aliphatic heterocycles. The third kappa shape index (κ3) is 4.99. The number of nitrogens with zero attached hydrogens (tertiary/aromatic N) is 1. The molecule has 0 saturated heterocycles. The second-order valence-corrected chi connectivity index (χ2v) is 5.95. The number of aromatic hydroxyl groups is 1. The molecular weight excluding hydrogens is 374 g/mol. The molecule has 7 heteroatoms. The quantitative estimate of drug-likeness (QED) is 0.521. The van der Waals surface area contributed by atoms with Crippen LogP contribution in [0.15, 0.2) is 52.0 Å². The van der Waals surface area contributed by atoms with Crippen molar-refractivity contribution in [2.24, 2.45) is 5.10 Å². The number of benzene rings is 2. The van der Waals surface area contributed by atoms with Gasteiger partial charge in [0.2, 0.25) is 0 Å². The van der Waals surface area contributed by atoms with E-state index in [1.165, 1.54) is 6.21 Å². The molecule has 1 amide bonds. The molecule has 2 rings (SSSR count). The molecule has 0 spiro atoms. The van der Waals surface area contributed by atoms with Crippen LogP contribution in [0.5, 0.6) is 11.5 Å². The number of anilines is 1. The first-order chi connectivity index (χ1) is 11.5. The van der Waals surface area contributed by atoms with Crippen molar-refractivity contribution in [3.63, 3.8) is 0 Å². The molecule has 3 N–H and O–H groups in total. The van der Waals surface area contributed by atoms with Crippen LogP contribution in [0, 0.1) is 0 Å². The molecule has 24 heavy (non-hydrogen) atoms. The number of phenols is 1. The SMILES string of the molecule is COc1ccc(N[C@@H](C)C(=O)N/N=C\c2cc(Br)ccc2O)cc1. The molecule has 2 aromatic rings. The lowest BCUT2D eigenvalue weighted by Gasteiger charge is -2.13. The Balaban J connectivity index is 1.91. The van der Waals surface area contributed by atoms with E-state index < -0.39 is 6.04 Å². The molecule has 0 saturated carbocycles. The summed E-state index contributed by atoms with van der Waals surface area (Å²) in [6, 6.07) is 11.7. The summed E-state index contributed by atoms with van der Waals surface area (Å²) in [4.78, 5) is 12.0. The molecule has 0 radical (unpaired) electrons. The third-order valence-electron chi connectivity index (χ3n) is 3.23. The average Bonchev–Trinajstić information content (AvgIpc) is 2.58. The maximum absolute atomic E-state index is 12.0. The summed E-state index contributed by atoms with van der Waals surface area (Å²) in [6.45, 7) is 1.73. The summed E-state index contributed by atoms with van der Waals surface area (Å²) in [5, 5.41) is 16.6. The fraction of sp³-hybridized carbons (Fsp3) is 0.176. The van der Waals surface area contributed by atoms with Gasteiger partial charge < -0.3 is 15.2 Å². The summed E-state index contributed by atoms with van der Waals surface area (Å²) < 4.78 is 5.89. The van der Waals surface area contributed by atoms with Gasteiger partial charge in [-0.25, -0.2) is 5.43 Å². The van der Waals surface area contributed by atoms with Crippen molar-refractivity contribution >= 4 is 33.7 Å². The van der Waals surface area contributed by atoms with Gasteiger partial charge in [-0.05, 0) is 49.4 Å². The van der Waals surface area contributed by atoms with Crippen molar-refractivity contribution in [1.29, 1.82) is 0 Å². The largest absolute Gasteiger partial charge is 0.507 e. The molecule has 6 nitrogen and oxygen atoms in total. The molecule has 0 aliphatic rings. The zero-order chi connectivity index (χ0) is 17.5. The van der Waals surface area contributed by atoms with Gasteiger partial charge in [-0.3, -0.25) is 4.79 Å². The molecule has 126 valence electrons. The standard InChI is InChI=1S/C17H18BrN3O3/c1-11(20-14-4-6-15(24-2)7-5-14)17(23)21-19-10-12-9-13(18)3-8-16(12)22/h3-11,20,22H,1-2H3,(H,21,23)/b19-10-/t11-/m0/s1. The highest BCUT2D eigenvalue weighted by Gasteiger charge is 2.11. The van der Waals surface area contributed by atoms with Crippen LogP contribution in [0.25, 0.3) is 0 Å². The van der Waals surface area contributed by atoms with Gasteiger partial charge in [-0.15, -0.1) is 0 Å². The number of methoxy groups -OCH3 is 1. The number of ether oxygens (including phenoxy) is 1. The van der Waals surface area contributed by atoms with Crippen LogP contribution in [0.3, 0.4) is 0 Å². The maximum Gasteiger partial charge on any atom is 0.262 e. The number of carbonyl (C=O) groups excluding carboxylic acids is 1. The third-order valence-corrected chi connectivity index (χ3v) is 3.73. The van der Waals surface area contributed by atoms with Crippen LogP contribution >= 0.6 is 15.9 Å². The number of carbonyl (C=O) groups is 1. The molecule has 2 aromatic carbocycles. The van der Waals surface area contributed by atoms with Crippen molar-refractivity contribution in [1.82, 2.24) is 5.43 Å². The van der Waals surface area contributed by atoms with Crippen LogP contribution in [-0.4, -0.2) is 30.4 Å². The summed E-state index contributed by atoms with van der Waals surface area (Å²) in [5.41, 5.74) is 3.74. The zero-order valence-corrected chi connectivity index (χ0v) is 14.9. The number of hydrogen-bond acceptors (Lipinski definition) is 5. The number of halogens is 1. The van der Waals surface area contributed by atoms with E-state index in [2.05, 4.69) is 31.8 Å². The average molecular weight is 392 g/mol. The van der Waals surface area contributed by atoms with Crippen LogP contribution in [0.4, 0.5) is 5.69 Å². The van der Waals surface area contributed by atoms with E-state index in [1.807, 2.05) is 12.1 Å². The topological polar surface area (TPSA) is 83.0 Å². The van der Waals surface area contributed by atoms with Gasteiger partial charge in [0.05, 0.1) is 13.3 Å². The van der Waals surface area contributed by atoms with E-state index in [1.54, 1.807) is 44.4 Å². The van der Waals surface area contributed by atoms with Crippen molar-refractivity contribution in [3.8, 4) is 11.5 Å². The lowest BCUT2D eigenvalue weighted by Crippen LogP contribution is -2.34. The monoisotopic (exact) mass is 391 g/mol. The van der Waals surface area contributed by atoms with Gasteiger partial charge in [0.15, 0.2) is 0 Å². The molecular formula is C17H18BrN3O3. The predicted octanol–water partition coefficient (Wildman–Crippen LogP) is 3.11. The second kappa shape index (κ2) is 8.35. The summed E-state index contributed by atoms with van der Waals surface area (Å²) in [6.07, 6.45) is 1.39. The lowest BCUT2D eigenvalue weighted by atomic mass is 10.2. The Hall–Kier alpha value is -2.54. The van der Waals surface area contributed by atoms with Gasteiger partial charge in [-0.1, -0.05) is 15.9 Å². The van der Waals surface area contributed by atoms with E-state index >= 15 is 0 Å². The van der Waals surface area contributed by atoms with Crippen molar-refractivity contribution < 1.29 is 14.6 Å². The van der Waals surface area contributed by atoms with Gasteiger partial charge >= 0.3 is 0 Å². The molecule has 0 heterocycles. The minimum atomic E-state index is -0.480. The Morgan fingerprint density at radius 2 is 2.00 bits per heavy atom. The second-order valence-electron chi connectivity index (χ2n) is 5.03. The maximum atomic E-state index is 12.0. The molecule has 0 bridgehead atoms. The van der Waals surface area contributed by atoms with Crippen LogP contribution in [-0.2, 0) is 4.79 Å². The Morgan fingerprint density at radius 3 is 2.67 bits per heavy atom. The summed E-state index contributed by atoms with van der Waals surface area (Å²) in [7, 11) is 1.60. The number of rotatable bonds is 6. The Labute approximate surface area is 148 Å². The van der Waals surface area contributed by atoms with E-state index in [0.29, 0.717) is 5.56 Å². The fourth-order valence-electron chi connectivity index (χ4n) is 1.89. The first-order valence-electron chi connectivity index (χ1n) is 7.21. The Bertz CT molecular complexity index is 732. The molecule has 0 aliphatic carbocycles. The predicted molar refractivity (Wildman–Crippen MR) is 97.6 cm³/mol. The highest BCUT2D eigenvalue weighted by Crippen LogP contribution is 2.20. The summed E-state index contributed by atoms with van der Waals surface area (Å²) in [5.74, 6) is 0.535. The molecule has 0 unspecified atom stereocenters.